The van der Waals surface area contributed by atoms with Gasteiger partial charge in [-0.15, -0.1) is 0 Å². The summed E-state index contributed by atoms with van der Waals surface area (Å²) in [5, 5.41) is 6.30. The molecule has 25 heavy (non-hydrogen) atoms. The number of halogens is 1. The van der Waals surface area contributed by atoms with Gasteiger partial charge in [0.1, 0.15) is 5.82 Å². The predicted molar refractivity (Wildman–Crippen MR) is 108 cm³/mol. The summed E-state index contributed by atoms with van der Waals surface area (Å²) in [6.45, 7) is 9.09. The maximum absolute atomic E-state index is 12.5. The fourth-order valence-corrected chi connectivity index (χ4v) is 2.86. The van der Waals surface area contributed by atoms with Gasteiger partial charge < -0.3 is 10.6 Å². The van der Waals surface area contributed by atoms with Crippen molar-refractivity contribution < 1.29 is 4.79 Å². The molecule has 4 nitrogen and oxygen atoms in total. The van der Waals surface area contributed by atoms with E-state index in [9.17, 15) is 4.79 Å². The second-order valence-electron chi connectivity index (χ2n) is 6.71. The number of amides is 1. The second kappa shape index (κ2) is 8.99. The highest BCUT2D eigenvalue weighted by molar-refractivity contribution is 9.10. The van der Waals surface area contributed by atoms with Gasteiger partial charge in [0.2, 0.25) is 0 Å². The molecule has 2 N–H and O–H groups in total. The molecule has 2 aromatic rings. The highest BCUT2D eigenvalue weighted by Crippen LogP contribution is 2.27. The van der Waals surface area contributed by atoms with E-state index in [0.29, 0.717) is 18.0 Å². The van der Waals surface area contributed by atoms with Crippen LogP contribution in [0, 0.1) is 5.92 Å². The third-order valence-corrected chi connectivity index (χ3v) is 4.59. The minimum atomic E-state index is -0.0505. The third-order valence-electron chi connectivity index (χ3n) is 4.09. The van der Waals surface area contributed by atoms with Crippen molar-refractivity contribution in [2.45, 2.75) is 40.0 Å². The summed E-state index contributed by atoms with van der Waals surface area (Å²) in [7, 11) is 0. The van der Waals surface area contributed by atoms with Crippen LogP contribution in [0.2, 0.25) is 0 Å². The first-order valence-electron chi connectivity index (χ1n) is 8.71. The van der Waals surface area contributed by atoms with Gasteiger partial charge in [-0.05, 0) is 48.1 Å². The van der Waals surface area contributed by atoms with Crippen LogP contribution >= 0.6 is 15.9 Å². The minimum absolute atomic E-state index is 0.0505. The van der Waals surface area contributed by atoms with Crippen LogP contribution in [0.25, 0.3) is 0 Å². The highest BCUT2D eigenvalue weighted by atomic mass is 79.9. The van der Waals surface area contributed by atoms with Gasteiger partial charge in [0.05, 0.1) is 5.56 Å². The molecule has 2 rings (SSSR count). The standard InChI is InChI=1S/C20H26BrN3O/c1-5-14(4)17-10-19(24-16-8-6-7-15(21)9-16)22-12-18(17)20(25)23-11-13(2)3/h6-10,12-14H,5,11H2,1-4H3,(H,22,24)(H,23,25). The molecule has 0 saturated carbocycles. The largest absolute Gasteiger partial charge is 0.352 e. The molecule has 1 aromatic carbocycles. The van der Waals surface area contributed by atoms with E-state index in [2.05, 4.69) is 59.2 Å². The van der Waals surface area contributed by atoms with E-state index in [1.165, 1.54) is 0 Å². The Balaban J connectivity index is 2.28. The maximum atomic E-state index is 12.5. The van der Waals surface area contributed by atoms with Gasteiger partial charge >= 0.3 is 0 Å². The molecule has 1 heterocycles. The first kappa shape index (κ1) is 19.4. The lowest BCUT2D eigenvalue weighted by atomic mass is 9.94. The summed E-state index contributed by atoms with van der Waals surface area (Å²) in [5.41, 5.74) is 2.64. The van der Waals surface area contributed by atoms with Crippen LogP contribution in [0.1, 0.15) is 56.0 Å². The molecule has 0 saturated heterocycles. The lowest BCUT2D eigenvalue weighted by molar-refractivity contribution is 0.0947. The quantitative estimate of drug-likeness (QED) is 0.642. The second-order valence-corrected chi connectivity index (χ2v) is 7.62. The number of rotatable bonds is 7. The van der Waals surface area contributed by atoms with Crippen molar-refractivity contribution in [3.63, 3.8) is 0 Å². The molecule has 134 valence electrons. The maximum Gasteiger partial charge on any atom is 0.253 e. The van der Waals surface area contributed by atoms with Gasteiger partial charge in [0.15, 0.2) is 0 Å². The molecule has 0 radical (unpaired) electrons. The van der Waals surface area contributed by atoms with Crippen molar-refractivity contribution in [1.29, 1.82) is 0 Å². The Bertz CT molecular complexity index is 731. The zero-order valence-corrected chi connectivity index (χ0v) is 16.9. The number of nitrogens with zero attached hydrogens (tertiary/aromatic N) is 1. The molecule has 0 fully saturated rings. The monoisotopic (exact) mass is 403 g/mol. The molecule has 0 spiro atoms. The van der Waals surface area contributed by atoms with Gasteiger partial charge in [-0.2, -0.15) is 0 Å². The summed E-state index contributed by atoms with van der Waals surface area (Å²) in [6.07, 6.45) is 2.64. The van der Waals surface area contributed by atoms with Crippen molar-refractivity contribution in [3.8, 4) is 0 Å². The molecule has 1 amide bonds. The van der Waals surface area contributed by atoms with E-state index < -0.39 is 0 Å². The first-order chi connectivity index (χ1) is 11.9. The van der Waals surface area contributed by atoms with Crippen molar-refractivity contribution in [2.24, 2.45) is 5.92 Å². The average Bonchev–Trinajstić information content (AvgIpc) is 2.59. The normalized spacial score (nSPS) is 12.1. The van der Waals surface area contributed by atoms with Crippen LogP contribution in [0.4, 0.5) is 11.5 Å². The number of nitrogens with one attached hydrogen (secondary N) is 2. The van der Waals surface area contributed by atoms with Crippen LogP contribution in [0.5, 0.6) is 0 Å². The molecule has 0 aliphatic carbocycles. The van der Waals surface area contributed by atoms with Gasteiger partial charge in [0, 0.05) is 22.9 Å². The topological polar surface area (TPSA) is 54.0 Å². The van der Waals surface area contributed by atoms with Gasteiger partial charge in [-0.1, -0.05) is 49.7 Å². The third kappa shape index (κ3) is 5.56. The fraction of sp³-hybridized carbons (Fsp3) is 0.400. The lowest BCUT2D eigenvalue weighted by Crippen LogP contribution is -2.28. The molecule has 1 atom stereocenters. The summed E-state index contributed by atoms with van der Waals surface area (Å²) in [4.78, 5) is 17.0. The van der Waals surface area contributed by atoms with E-state index in [4.69, 9.17) is 0 Å². The van der Waals surface area contributed by atoms with Gasteiger partial charge in [-0.3, -0.25) is 4.79 Å². The molecular weight excluding hydrogens is 378 g/mol. The Morgan fingerprint density at radius 1 is 1.24 bits per heavy atom. The number of aromatic nitrogens is 1. The fourth-order valence-electron chi connectivity index (χ4n) is 2.46. The van der Waals surface area contributed by atoms with E-state index in [1.807, 2.05) is 30.3 Å². The van der Waals surface area contributed by atoms with E-state index in [-0.39, 0.29) is 11.8 Å². The van der Waals surface area contributed by atoms with Crippen LogP contribution in [0.15, 0.2) is 41.0 Å². The summed E-state index contributed by atoms with van der Waals surface area (Å²) in [5.74, 6) is 1.39. The Morgan fingerprint density at radius 3 is 2.64 bits per heavy atom. The first-order valence-corrected chi connectivity index (χ1v) is 9.50. The SMILES string of the molecule is CCC(C)c1cc(Nc2cccc(Br)c2)ncc1C(=O)NCC(C)C. The van der Waals surface area contributed by atoms with Crippen LogP contribution in [-0.2, 0) is 0 Å². The Morgan fingerprint density at radius 2 is 2.00 bits per heavy atom. The molecule has 0 aliphatic heterocycles. The Kier molecular flexibility index (Phi) is 7.00. The summed E-state index contributed by atoms with van der Waals surface area (Å²) >= 11 is 3.47. The molecule has 1 unspecified atom stereocenters. The number of hydrogen-bond donors (Lipinski definition) is 2. The number of benzene rings is 1. The number of carbonyl (C=O) groups excluding carboxylic acids is 1. The molecule has 0 aliphatic rings. The number of pyridine rings is 1. The van der Waals surface area contributed by atoms with Gasteiger partial charge in [0.25, 0.3) is 5.91 Å². The van der Waals surface area contributed by atoms with Crippen LogP contribution in [-0.4, -0.2) is 17.4 Å². The minimum Gasteiger partial charge on any atom is -0.352 e. The summed E-state index contributed by atoms with van der Waals surface area (Å²) in [6, 6.07) is 9.91. The number of carbonyl (C=O) groups is 1. The smallest absolute Gasteiger partial charge is 0.253 e. The van der Waals surface area contributed by atoms with Crippen molar-refractivity contribution in [2.75, 3.05) is 11.9 Å². The molecule has 0 bridgehead atoms. The average molecular weight is 404 g/mol. The lowest BCUT2D eigenvalue weighted by Gasteiger charge is -2.17. The molecule has 1 aromatic heterocycles. The van der Waals surface area contributed by atoms with Crippen molar-refractivity contribution in [3.05, 3.63) is 52.1 Å². The highest BCUT2D eigenvalue weighted by Gasteiger charge is 2.17. The Hall–Kier alpha value is -1.88. The summed E-state index contributed by atoms with van der Waals surface area (Å²) < 4.78 is 1.00. The van der Waals surface area contributed by atoms with Gasteiger partial charge in [-0.25, -0.2) is 4.98 Å². The van der Waals surface area contributed by atoms with Crippen LogP contribution in [0.3, 0.4) is 0 Å². The predicted octanol–water partition coefficient (Wildman–Crippen LogP) is 5.49. The zero-order chi connectivity index (χ0) is 18.4. The zero-order valence-electron chi connectivity index (χ0n) is 15.3. The number of hydrogen-bond acceptors (Lipinski definition) is 3. The van der Waals surface area contributed by atoms with E-state index in [0.717, 1.165) is 28.0 Å². The van der Waals surface area contributed by atoms with Crippen molar-refractivity contribution >= 4 is 33.3 Å². The number of anilines is 2. The molecular formula is C20H26BrN3O. The van der Waals surface area contributed by atoms with E-state index in [1.54, 1.807) is 6.20 Å². The van der Waals surface area contributed by atoms with E-state index >= 15 is 0 Å². The Labute approximate surface area is 158 Å². The van der Waals surface area contributed by atoms with Crippen LogP contribution < -0.4 is 10.6 Å². The molecule has 5 heteroatoms. The van der Waals surface area contributed by atoms with Crippen molar-refractivity contribution in [1.82, 2.24) is 10.3 Å².